The minimum atomic E-state index is -0.515. The van der Waals surface area contributed by atoms with E-state index in [1.807, 2.05) is 19.9 Å². The zero-order valence-corrected chi connectivity index (χ0v) is 13.6. The largest absolute Gasteiger partial charge is 0.335 e. The molecule has 0 unspecified atom stereocenters. The zero-order valence-electron chi connectivity index (χ0n) is 11.4. The van der Waals surface area contributed by atoms with Crippen LogP contribution in [-0.4, -0.2) is 20.4 Å². The molecule has 2 heterocycles. The maximum atomic E-state index is 12.3. The Morgan fingerprint density at radius 2 is 2.19 bits per heavy atom. The fraction of sp³-hybridized carbons (Fsp3) is 0.231. The molecule has 0 atom stereocenters. The van der Waals surface area contributed by atoms with Crippen molar-refractivity contribution < 1.29 is 9.72 Å². The second-order valence-corrected chi connectivity index (χ2v) is 5.90. The molecule has 0 aliphatic carbocycles. The highest BCUT2D eigenvalue weighted by Crippen LogP contribution is 2.21. The van der Waals surface area contributed by atoms with Crippen molar-refractivity contribution >= 4 is 40.0 Å². The fourth-order valence-electron chi connectivity index (χ4n) is 1.80. The fourth-order valence-corrected chi connectivity index (χ4v) is 2.12. The Hall–Kier alpha value is -1.97. The third-order valence-electron chi connectivity index (χ3n) is 2.80. The number of amides is 1. The number of carbonyl (C=O) groups is 1. The lowest BCUT2D eigenvalue weighted by Gasteiger charge is -2.11. The molecule has 0 bridgehead atoms. The minimum absolute atomic E-state index is 0.0656. The second kappa shape index (κ2) is 6.20. The predicted molar refractivity (Wildman–Crippen MR) is 86.4 cm³/mol. The highest BCUT2D eigenvalue weighted by atomic mass is 127. The van der Waals surface area contributed by atoms with Gasteiger partial charge in [-0.15, -0.1) is 0 Å². The summed E-state index contributed by atoms with van der Waals surface area (Å²) in [7, 11) is 0. The summed E-state index contributed by atoms with van der Waals surface area (Å²) in [4.78, 5) is 26.7. The molecule has 0 aliphatic rings. The van der Waals surface area contributed by atoms with Crippen LogP contribution in [0.15, 0.2) is 30.6 Å². The molecule has 0 aliphatic heterocycles. The third kappa shape index (κ3) is 3.57. The molecule has 110 valence electrons. The normalized spacial score (nSPS) is 10.7. The van der Waals surface area contributed by atoms with Gasteiger partial charge in [-0.1, -0.05) is 0 Å². The van der Waals surface area contributed by atoms with Gasteiger partial charge in [-0.25, -0.2) is 4.98 Å². The predicted octanol–water partition coefficient (Wildman–Crippen LogP) is 3.23. The molecule has 0 saturated heterocycles. The van der Waals surface area contributed by atoms with Crippen LogP contribution >= 0.6 is 22.6 Å². The number of nitrogens with zero attached hydrogens (tertiary/aromatic N) is 3. The van der Waals surface area contributed by atoms with Gasteiger partial charge in [-0.2, -0.15) is 0 Å². The number of aromatic nitrogens is 2. The summed E-state index contributed by atoms with van der Waals surface area (Å²) in [5, 5.41) is 13.5. The number of carbonyl (C=O) groups excluding carboxylic acids is 1. The Morgan fingerprint density at radius 1 is 1.48 bits per heavy atom. The number of rotatable bonds is 4. The number of anilines is 1. The smallest absolute Gasteiger partial charge is 0.287 e. The Labute approximate surface area is 134 Å². The number of pyridine rings is 1. The average molecular weight is 400 g/mol. The van der Waals surface area contributed by atoms with Gasteiger partial charge >= 0.3 is 0 Å². The minimum Gasteiger partial charge on any atom is -0.335 e. The number of halogens is 1. The molecule has 2 aromatic heterocycles. The highest BCUT2D eigenvalue weighted by molar-refractivity contribution is 14.1. The lowest BCUT2D eigenvalue weighted by atomic mass is 10.3. The van der Waals surface area contributed by atoms with Crippen molar-refractivity contribution in [1.29, 1.82) is 0 Å². The maximum absolute atomic E-state index is 12.3. The number of nitrogens with one attached hydrogen (secondary N) is 1. The third-order valence-corrected chi connectivity index (χ3v) is 3.44. The first-order valence-corrected chi connectivity index (χ1v) is 7.25. The van der Waals surface area contributed by atoms with E-state index in [9.17, 15) is 14.9 Å². The average Bonchev–Trinajstić information content (AvgIpc) is 2.87. The molecule has 0 spiro atoms. The van der Waals surface area contributed by atoms with E-state index in [0.717, 1.165) is 3.57 Å². The highest BCUT2D eigenvalue weighted by Gasteiger charge is 2.21. The van der Waals surface area contributed by atoms with Gasteiger partial charge in [0.05, 0.1) is 11.1 Å². The monoisotopic (exact) mass is 400 g/mol. The van der Waals surface area contributed by atoms with Crippen LogP contribution in [0.25, 0.3) is 0 Å². The number of hydrogen-bond donors (Lipinski definition) is 1. The van der Waals surface area contributed by atoms with Gasteiger partial charge in [0.25, 0.3) is 11.6 Å². The maximum Gasteiger partial charge on any atom is 0.287 e. The molecule has 1 amide bonds. The van der Waals surface area contributed by atoms with E-state index in [2.05, 4.69) is 32.9 Å². The summed E-state index contributed by atoms with van der Waals surface area (Å²) < 4.78 is 2.52. The molecule has 7 nitrogen and oxygen atoms in total. The first kappa shape index (κ1) is 15.4. The Balaban J connectivity index is 2.29. The van der Waals surface area contributed by atoms with Gasteiger partial charge in [0.2, 0.25) is 0 Å². The van der Waals surface area contributed by atoms with Crippen molar-refractivity contribution in [2.24, 2.45) is 0 Å². The van der Waals surface area contributed by atoms with Gasteiger partial charge < -0.3 is 9.88 Å². The van der Waals surface area contributed by atoms with Crippen LogP contribution in [-0.2, 0) is 0 Å². The second-order valence-electron chi connectivity index (χ2n) is 4.66. The van der Waals surface area contributed by atoms with Gasteiger partial charge in [0.1, 0.15) is 11.5 Å². The molecular weight excluding hydrogens is 387 g/mol. The van der Waals surface area contributed by atoms with Crippen LogP contribution in [0, 0.1) is 13.7 Å². The molecule has 8 heteroatoms. The van der Waals surface area contributed by atoms with Crippen LogP contribution in [0.1, 0.15) is 30.4 Å². The first-order valence-electron chi connectivity index (χ1n) is 6.17. The van der Waals surface area contributed by atoms with Crippen molar-refractivity contribution in [2.75, 3.05) is 5.32 Å². The Kier molecular flexibility index (Phi) is 4.56. The molecule has 0 saturated carbocycles. The molecule has 2 rings (SSSR count). The van der Waals surface area contributed by atoms with E-state index in [1.54, 1.807) is 16.8 Å². The zero-order chi connectivity index (χ0) is 15.6. The molecule has 0 radical (unpaired) electrons. The standard InChI is InChI=1S/C13H13IN4O3/c1-8(2)17-7-10(18(20)21)5-11(17)13(19)16-12-4-3-9(14)6-15-12/h3-8H,1-2H3,(H,15,16,19). The van der Waals surface area contributed by atoms with Crippen molar-refractivity contribution in [3.8, 4) is 0 Å². The summed E-state index contributed by atoms with van der Waals surface area (Å²) >= 11 is 2.11. The SMILES string of the molecule is CC(C)n1cc([N+](=O)[O-])cc1C(=O)Nc1ccc(I)cn1. The summed E-state index contributed by atoms with van der Waals surface area (Å²) in [6.45, 7) is 3.70. The quantitative estimate of drug-likeness (QED) is 0.485. The lowest BCUT2D eigenvalue weighted by Crippen LogP contribution is -2.18. The summed E-state index contributed by atoms with van der Waals surface area (Å²) in [6, 6.07) is 4.69. The van der Waals surface area contributed by atoms with E-state index in [-0.39, 0.29) is 17.4 Å². The summed E-state index contributed by atoms with van der Waals surface area (Å²) in [6.07, 6.45) is 2.99. The van der Waals surface area contributed by atoms with Crippen LogP contribution < -0.4 is 5.32 Å². The summed E-state index contributed by atoms with van der Waals surface area (Å²) in [5.74, 6) is -0.0231. The van der Waals surface area contributed by atoms with Crippen molar-refractivity contribution in [3.63, 3.8) is 0 Å². The van der Waals surface area contributed by atoms with Crippen LogP contribution in [0.4, 0.5) is 11.5 Å². The van der Waals surface area contributed by atoms with E-state index in [4.69, 9.17) is 0 Å². The Bertz CT molecular complexity index is 679. The summed E-state index contributed by atoms with van der Waals surface area (Å²) in [5.41, 5.74) is 0.126. The van der Waals surface area contributed by atoms with E-state index >= 15 is 0 Å². The number of nitro groups is 1. The molecular formula is C13H13IN4O3. The van der Waals surface area contributed by atoms with Crippen LogP contribution in [0.2, 0.25) is 0 Å². The van der Waals surface area contributed by atoms with Crippen molar-refractivity contribution in [2.45, 2.75) is 19.9 Å². The Morgan fingerprint density at radius 3 is 2.71 bits per heavy atom. The lowest BCUT2D eigenvalue weighted by molar-refractivity contribution is -0.384. The molecule has 1 N–H and O–H groups in total. The first-order chi connectivity index (χ1) is 9.88. The molecule has 0 aromatic carbocycles. The van der Waals surface area contributed by atoms with E-state index < -0.39 is 10.8 Å². The van der Waals surface area contributed by atoms with Crippen LogP contribution in [0.5, 0.6) is 0 Å². The van der Waals surface area contributed by atoms with Crippen molar-refractivity contribution in [3.05, 3.63) is 50.0 Å². The van der Waals surface area contributed by atoms with Gasteiger partial charge in [0, 0.05) is 21.9 Å². The molecule has 0 fully saturated rings. The van der Waals surface area contributed by atoms with Crippen molar-refractivity contribution in [1.82, 2.24) is 9.55 Å². The van der Waals surface area contributed by atoms with Gasteiger partial charge in [0.15, 0.2) is 0 Å². The molecule has 21 heavy (non-hydrogen) atoms. The molecule has 2 aromatic rings. The van der Waals surface area contributed by atoms with Gasteiger partial charge in [-0.3, -0.25) is 14.9 Å². The van der Waals surface area contributed by atoms with Crippen LogP contribution in [0.3, 0.4) is 0 Å². The topological polar surface area (TPSA) is 90.1 Å². The van der Waals surface area contributed by atoms with E-state index in [0.29, 0.717) is 5.82 Å². The van der Waals surface area contributed by atoms with E-state index in [1.165, 1.54) is 12.3 Å². The number of hydrogen-bond acceptors (Lipinski definition) is 4. The van der Waals surface area contributed by atoms with Gasteiger partial charge in [-0.05, 0) is 48.6 Å².